The zero-order valence-corrected chi connectivity index (χ0v) is 10.9. The highest BCUT2D eigenvalue weighted by molar-refractivity contribution is 5.57. The van der Waals surface area contributed by atoms with E-state index in [9.17, 15) is 4.79 Å². The third kappa shape index (κ3) is 3.85. The Labute approximate surface area is 105 Å². The average molecular weight is 230 g/mol. The summed E-state index contributed by atoms with van der Waals surface area (Å²) in [6, 6.07) is 8.38. The fourth-order valence-electron chi connectivity index (χ4n) is 2.12. The number of carbonyl (C=O) groups is 1. The van der Waals surface area contributed by atoms with Crippen LogP contribution in [0.3, 0.4) is 0 Å². The van der Waals surface area contributed by atoms with Crippen LogP contribution in [0.5, 0.6) is 0 Å². The summed E-state index contributed by atoms with van der Waals surface area (Å²) >= 11 is 0. The van der Waals surface area contributed by atoms with Gasteiger partial charge in [0.1, 0.15) is 6.29 Å². The highest BCUT2D eigenvalue weighted by Gasteiger charge is 2.19. The van der Waals surface area contributed by atoms with E-state index in [1.54, 1.807) is 0 Å². The lowest BCUT2D eigenvalue weighted by Crippen LogP contribution is -2.12. The Morgan fingerprint density at radius 2 is 1.94 bits per heavy atom. The maximum absolute atomic E-state index is 11.2. The van der Waals surface area contributed by atoms with Crippen LogP contribution in [0.4, 0.5) is 0 Å². The second-order valence-electron chi connectivity index (χ2n) is 4.61. The van der Waals surface area contributed by atoms with Gasteiger partial charge in [-0.05, 0) is 18.9 Å². The van der Waals surface area contributed by atoms with Crippen molar-refractivity contribution in [1.82, 2.24) is 0 Å². The summed E-state index contributed by atoms with van der Waals surface area (Å²) in [6.45, 7) is 8.10. The summed E-state index contributed by atoms with van der Waals surface area (Å²) in [5.41, 5.74) is 2.44. The third-order valence-corrected chi connectivity index (χ3v) is 3.24. The summed E-state index contributed by atoms with van der Waals surface area (Å²) in [6.07, 6.45) is 6.16. The SMILES string of the molecule is C=C[C@@H](c1ccc(C)cc1)[C@H](C=O)CCCC. The number of allylic oxidation sites excluding steroid dienone is 1. The van der Waals surface area contributed by atoms with Gasteiger partial charge < -0.3 is 4.79 Å². The van der Waals surface area contributed by atoms with Crippen molar-refractivity contribution >= 4 is 6.29 Å². The van der Waals surface area contributed by atoms with Crippen LogP contribution in [0.15, 0.2) is 36.9 Å². The smallest absolute Gasteiger partial charge is 0.123 e. The first-order valence-corrected chi connectivity index (χ1v) is 6.37. The Bertz CT molecular complexity index is 350. The molecule has 1 heteroatoms. The maximum atomic E-state index is 11.2. The number of hydrogen-bond donors (Lipinski definition) is 0. The van der Waals surface area contributed by atoms with Gasteiger partial charge in [0.2, 0.25) is 0 Å². The molecule has 92 valence electrons. The van der Waals surface area contributed by atoms with Gasteiger partial charge in [0.15, 0.2) is 0 Å². The number of aldehydes is 1. The maximum Gasteiger partial charge on any atom is 0.123 e. The number of hydrogen-bond acceptors (Lipinski definition) is 1. The quantitative estimate of drug-likeness (QED) is 0.505. The van der Waals surface area contributed by atoms with E-state index in [1.807, 2.05) is 6.08 Å². The van der Waals surface area contributed by atoms with Gasteiger partial charge in [-0.2, -0.15) is 0 Å². The molecule has 1 aromatic rings. The van der Waals surface area contributed by atoms with Gasteiger partial charge in [-0.3, -0.25) is 0 Å². The molecular formula is C16H22O. The number of aryl methyl sites for hydroxylation is 1. The van der Waals surface area contributed by atoms with Gasteiger partial charge in [0, 0.05) is 11.8 Å². The lowest BCUT2D eigenvalue weighted by molar-refractivity contribution is -0.111. The van der Waals surface area contributed by atoms with E-state index < -0.39 is 0 Å². The van der Waals surface area contributed by atoms with Gasteiger partial charge in [-0.1, -0.05) is 55.7 Å². The Hall–Kier alpha value is -1.37. The number of benzene rings is 1. The van der Waals surface area contributed by atoms with Crippen LogP contribution in [0, 0.1) is 12.8 Å². The van der Waals surface area contributed by atoms with Crippen molar-refractivity contribution in [1.29, 1.82) is 0 Å². The zero-order chi connectivity index (χ0) is 12.7. The lowest BCUT2D eigenvalue weighted by Gasteiger charge is -2.20. The predicted octanol–water partition coefficient (Wildman–Crippen LogP) is 4.27. The molecule has 0 heterocycles. The zero-order valence-electron chi connectivity index (χ0n) is 10.9. The Balaban J connectivity index is 2.84. The third-order valence-electron chi connectivity index (χ3n) is 3.24. The predicted molar refractivity (Wildman–Crippen MR) is 73.2 cm³/mol. The fourth-order valence-corrected chi connectivity index (χ4v) is 2.12. The minimum atomic E-state index is 0.0650. The molecular weight excluding hydrogens is 208 g/mol. The highest BCUT2D eigenvalue weighted by Crippen LogP contribution is 2.28. The second kappa shape index (κ2) is 7.05. The van der Waals surface area contributed by atoms with Crippen LogP contribution < -0.4 is 0 Å². The molecule has 1 aromatic carbocycles. The monoisotopic (exact) mass is 230 g/mol. The van der Waals surface area contributed by atoms with Crippen molar-refractivity contribution in [2.75, 3.05) is 0 Å². The van der Waals surface area contributed by atoms with E-state index in [-0.39, 0.29) is 11.8 Å². The van der Waals surface area contributed by atoms with Crippen LogP contribution in [-0.2, 0) is 4.79 Å². The normalized spacial score (nSPS) is 14.0. The van der Waals surface area contributed by atoms with E-state index in [0.717, 1.165) is 25.5 Å². The van der Waals surface area contributed by atoms with Crippen LogP contribution in [0.1, 0.15) is 43.2 Å². The Morgan fingerprint density at radius 1 is 1.29 bits per heavy atom. The van der Waals surface area contributed by atoms with Gasteiger partial charge in [-0.15, -0.1) is 6.58 Å². The summed E-state index contributed by atoms with van der Waals surface area (Å²) in [5.74, 6) is 0.217. The molecule has 0 aliphatic carbocycles. The molecule has 0 spiro atoms. The van der Waals surface area contributed by atoms with Crippen molar-refractivity contribution < 1.29 is 4.79 Å². The van der Waals surface area contributed by atoms with E-state index in [4.69, 9.17) is 0 Å². The van der Waals surface area contributed by atoms with Gasteiger partial charge >= 0.3 is 0 Å². The molecule has 0 radical (unpaired) electrons. The molecule has 0 amide bonds. The van der Waals surface area contributed by atoms with E-state index in [0.29, 0.717) is 0 Å². The summed E-state index contributed by atoms with van der Waals surface area (Å²) < 4.78 is 0. The van der Waals surface area contributed by atoms with E-state index in [2.05, 4.69) is 44.7 Å². The summed E-state index contributed by atoms with van der Waals surface area (Å²) in [7, 11) is 0. The van der Waals surface area contributed by atoms with Gasteiger partial charge in [0.05, 0.1) is 0 Å². The topological polar surface area (TPSA) is 17.1 Å². The van der Waals surface area contributed by atoms with Crippen LogP contribution in [0.2, 0.25) is 0 Å². The summed E-state index contributed by atoms with van der Waals surface area (Å²) in [4.78, 5) is 11.2. The number of carbonyl (C=O) groups excluding carboxylic acids is 1. The molecule has 0 bridgehead atoms. The van der Waals surface area contributed by atoms with E-state index in [1.165, 1.54) is 11.1 Å². The van der Waals surface area contributed by atoms with Crippen LogP contribution >= 0.6 is 0 Å². The van der Waals surface area contributed by atoms with Gasteiger partial charge in [0.25, 0.3) is 0 Å². The molecule has 0 saturated heterocycles. The van der Waals surface area contributed by atoms with Crippen molar-refractivity contribution in [2.45, 2.75) is 39.0 Å². The highest BCUT2D eigenvalue weighted by atomic mass is 16.1. The molecule has 0 unspecified atom stereocenters. The molecule has 0 fully saturated rings. The molecule has 0 N–H and O–H groups in total. The first-order chi connectivity index (χ1) is 8.22. The molecule has 17 heavy (non-hydrogen) atoms. The van der Waals surface area contributed by atoms with Crippen molar-refractivity contribution in [3.63, 3.8) is 0 Å². The molecule has 2 atom stereocenters. The van der Waals surface area contributed by atoms with Crippen LogP contribution in [0.25, 0.3) is 0 Å². The first-order valence-electron chi connectivity index (χ1n) is 6.37. The Kier molecular flexibility index (Phi) is 5.68. The van der Waals surface area contributed by atoms with Crippen LogP contribution in [-0.4, -0.2) is 6.29 Å². The lowest BCUT2D eigenvalue weighted by atomic mass is 9.83. The van der Waals surface area contributed by atoms with Crippen molar-refractivity contribution in [3.05, 3.63) is 48.0 Å². The molecule has 0 aromatic heterocycles. The van der Waals surface area contributed by atoms with Crippen molar-refractivity contribution in [2.24, 2.45) is 5.92 Å². The Morgan fingerprint density at radius 3 is 2.41 bits per heavy atom. The standard InChI is InChI=1S/C16H22O/c1-4-6-7-15(12-17)16(5-2)14-10-8-13(3)9-11-14/h5,8-12,15-16H,2,4,6-7H2,1,3H3/t15-,16-/m0/s1. The van der Waals surface area contributed by atoms with E-state index >= 15 is 0 Å². The first kappa shape index (κ1) is 13.7. The number of unbranched alkanes of at least 4 members (excludes halogenated alkanes) is 1. The largest absolute Gasteiger partial charge is 0.303 e. The van der Waals surface area contributed by atoms with Crippen molar-refractivity contribution in [3.8, 4) is 0 Å². The average Bonchev–Trinajstić information content (AvgIpc) is 2.36. The molecule has 1 nitrogen and oxygen atoms in total. The fraction of sp³-hybridized carbons (Fsp3) is 0.438. The molecule has 0 saturated carbocycles. The minimum Gasteiger partial charge on any atom is -0.303 e. The molecule has 0 aliphatic heterocycles. The second-order valence-corrected chi connectivity index (χ2v) is 4.61. The minimum absolute atomic E-state index is 0.0650. The van der Waals surface area contributed by atoms with Gasteiger partial charge in [-0.25, -0.2) is 0 Å². The molecule has 0 aliphatic rings. The molecule has 1 rings (SSSR count). The summed E-state index contributed by atoms with van der Waals surface area (Å²) in [5, 5.41) is 0. The number of rotatable bonds is 7.